The van der Waals surface area contributed by atoms with Crippen molar-refractivity contribution in [3.63, 3.8) is 0 Å². The van der Waals surface area contributed by atoms with Crippen molar-refractivity contribution in [1.82, 2.24) is 0 Å². The topological polar surface area (TPSA) is 42.2 Å². The minimum Gasteiger partial charge on any atom is -0.379 e. The molecule has 1 unspecified atom stereocenters. The molecule has 0 aromatic heterocycles. The van der Waals surface area contributed by atoms with Gasteiger partial charge in [0.05, 0.1) is 24.2 Å². The summed E-state index contributed by atoms with van der Waals surface area (Å²) in [6, 6.07) is 2.27. The van der Waals surface area contributed by atoms with Gasteiger partial charge in [0.25, 0.3) is 0 Å². The summed E-state index contributed by atoms with van der Waals surface area (Å²) < 4.78 is 11.1. The van der Waals surface area contributed by atoms with E-state index in [4.69, 9.17) is 14.7 Å². The van der Waals surface area contributed by atoms with Crippen LogP contribution in [-0.4, -0.2) is 25.9 Å². The molecular formula is C12H21NO2. The summed E-state index contributed by atoms with van der Waals surface area (Å²) in [5.74, 6) is 0. The molecule has 1 rings (SSSR count). The van der Waals surface area contributed by atoms with Gasteiger partial charge in [-0.25, -0.2) is 0 Å². The molecule has 1 aliphatic heterocycles. The molecule has 0 saturated carbocycles. The summed E-state index contributed by atoms with van der Waals surface area (Å²) >= 11 is 0. The van der Waals surface area contributed by atoms with Crippen molar-refractivity contribution >= 4 is 0 Å². The molecule has 0 bridgehead atoms. The molecular weight excluding hydrogens is 190 g/mol. The van der Waals surface area contributed by atoms with E-state index in [0.29, 0.717) is 13.2 Å². The highest BCUT2D eigenvalue weighted by Crippen LogP contribution is 2.18. The monoisotopic (exact) mass is 211 g/mol. The second kappa shape index (κ2) is 6.09. The van der Waals surface area contributed by atoms with E-state index >= 15 is 0 Å². The molecule has 0 aromatic rings. The molecule has 0 radical (unpaired) electrons. The second-order valence-electron chi connectivity index (χ2n) is 4.81. The van der Waals surface area contributed by atoms with Gasteiger partial charge >= 0.3 is 0 Å². The van der Waals surface area contributed by atoms with Crippen LogP contribution >= 0.6 is 0 Å². The van der Waals surface area contributed by atoms with Gasteiger partial charge in [0, 0.05) is 13.2 Å². The van der Waals surface area contributed by atoms with Gasteiger partial charge in [-0.1, -0.05) is 0 Å². The van der Waals surface area contributed by atoms with E-state index in [9.17, 15) is 0 Å². The predicted octanol–water partition coefficient (Wildman–Crippen LogP) is 2.51. The molecule has 1 aliphatic rings. The maximum absolute atomic E-state index is 8.81. The Labute approximate surface area is 92.4 Å². The minimum absolute atomic E-state index is 0.270. The van der Waals surface area contributed by atoms with Crippen molar-refractivity contribution < 1.29 is 9.47 Å². The highest BCUT2D eigenvalue weighted by Gasteiger charge is 2.17. The Morgan fingerprint density at radius 1 is 1.47 bits per heavy atom. The smallest absolute Gasteiger partial charge is 0.0808 e. The Kier molecular flexibility index (Phi) is 5.07. The number of rotatable bonds is 5. The number of hydrogen-bond donors (Lipinski definition) is 0. The summed E-state index contributed by atoms with van der Waals surface area (Å²) in [6.07, 6.45) is 4.61. The van der Waals surface area contributed by atoms with Crippen molar-refractivity contribution in [3.05, 3.63) is 0 Å². The lowest BCUT2D eigenvalue weighted by atomic mass is 9.92. The van der Waals surface area contributed by atoms with Crippen LogP contribution in [0.4, 0.5) is 0 Å². The van der Waals surface area contributed by atoms with Gasteiger partial charge in [-0.05, 0) is 39.5 Å². The van der Waals surface area contributed by atoms with Gasteiger partial charge in [0.1, 0.15) is 0 Å². The van der Waals surface area contributed by atoms with E-state index < -0.39 is 0 Å². The van der Waals surface area contributed by atoms with Crippen LogP contribution in [0.3, 0.4) is 0 Å². The van der Waals surface area contributed by atoms with E-state index in [1.807, 2.05) is 13.8 Å². The summed E-state index contributed by atoms with van der Waals surface area (Å²) in [6.45, 7) is 6.08. The van der Waals surface area contributed by atoms with Crippen molar-refractivity contribution in [2.24, 2.45) is 5.41 Å². The van der Waals surface area contributed by atoms with Crippen LogP contribution in [0.5, 0.6) is 0 Å². The fourth-order valence-electron chi connectivity index (χ4n) is 1.54. The summed E-state index contributed by atoms with van der Waals surface area (Å²) in [5, 5.41) is 8.81. The first-order valence-electron chi connectivity index (χ1n) is 5.75. The molecule has 86 valence electrons. The lowest BCUT2D eigenvalue weighted by molar-refractivity contribution is -0.0431. The van der Waals surface area contributed by atoms with Crippen LogP contribution in [0.25, 0.3) is 0 Å². The first-order chi connectivity index (χ1) is 7.14. The molecule has 0 aromatic carbocycles. The molecule has 0 spiro atoms. The van der Waals surface area contributed by atoms with Gasteiger partial charge in [-0.2, -0.15) is 5.26 Å². The zero-order valence-electron chi connectivity index (χ0n) is 9.79. The van der Waals surface area contributed by atoms with Crippen LogP contribution in [-0.2, 0) is 9.47 Å². The summed E-state index contributed by atoms with van der Waals surface area (Å²) in [7, 11) is 0. The van der Waals surface area contributed by atoms with E-state index in [-0.39, 0.29) is 11.5 Å². The minimum atomic E-state index is -0.270. The van der Waals surface area contributed by atoms with Gasteiger partial charge in [0.2, 0.25) is 0 Å². The number of nitrogens with zero attached hydrogens (tertiary/aromatic N) is 1. The predicted molar refractivity (Wildman–Crippen MR) is 58.4 cm³/mol. The molecule has 1 heterocycles. The third-order valence-electron chi connectivity index (χ3n) is 2.75. The van der Waals surface area contributed by atoms with Crippen molar-refractivity contribution in [2.75, 3.05) is 19.8 Å². The normalized spacial score (nSPS) is 22.3. The van der Waals surface area contributed by atoms with Crippen LogP contribution in [0.1, 0.15) is 39.5 Å². The number of ether oxygens (including phenoxy) is 2. The van der Waals surface area contributed by atoms with Crippen LogP contribution in [0, 0.1) is 16.7 Å². The maximum Gasteiger partial charge on any atom is 0.0808 e. The zero-order valence-corrected chi connectivity index (χ0v) is 9.79. The van der Waals surface area contributed by atoms with Gasteiger partial charge in [0.15, 0.2) is 0 Å². The van der Waals surface area contributed by atoms with E-state index in [1.54, 1.807) is 0 Å². The number of hydrogen-bond acceptors (Lipinski definition) is 3. The zero-order chi connectivity index (χ0) is 11.1. The average Bonchev–Trinajstić information content (AvgIpc) is 2.26. The molecule has 0 N–H and O–H groups in total. The van der Waals surface area contributed by atoms with Crippen molar-refractivity contribution in [3.8, 4) is 6.07 Å². The average molecular weight is 211 g/mol. The Balaban J connectivity index is 2.04. The van der Waals surface area contributed by atoms with Crippen molar-refractivity contribution in [2.45, 2.75) is 45.6 Å². The van der Waals surface area contributed by atoms with Gasteiger partial charge in [-0.3, -0.25) is 0 Å². The standard InChI is InChI=1S/C12H21NO2/c1-12(2,10-13)6-8-14-9-11-5-3-4-7-15-11/h11H,3-9H2,1-2H3. The molecule has 1 atom stereocenters. The summed E-state index contributed by atoms with van der Waals surface area (Å²) in [4.78, 5) is 0. The molecule has 1 saturated heterocycles. The molecule has 3 heteroatoms. The van der Waals surface area contributed by atoms with Crippen LogP contribution < -0.4 is 0 Å². The largest absolute Gasteiger partial charge is 0.379 e. The van der Waals surface area contributed by atoms with Gasteiger partial charge in [-0.15, -0.1) is 0 Å². The Hall–Kier alpha value is -0.590. The molecule has 3 nitrogen and oxygen atoms in total. The molecule has 0 aliphatic carbocycles. The Morgan fingerprint density at radius 3 is 2.87 bits per heavy atom. The fraction of sp³-hybridized carbons (Fsp3) is 0.917. The lowest BCUT2D eigenvalue weighted by Crippen LogP contribution is -2.25. The molecule has 15 heavy (non-hydrogen) atoms. The Morgan fingerprint density at radius 2 is 2.27 bits per heavy atom. The van der Waals surface area contributed by atoms with Crippen LogP contribution in [0.15, 0.2) is 0 Å². The quantitative estimate of drug-likeness (QED) is 0.656. The first kappa shape index (κ1) is 12.5. The number of nitriles is 1. The third kappa shape index (κ3) is 5.15. The third-order valence-corrected chi connectivity index (χ3v) is 2.75. The van der Waals surface area contributed by atoms with E-state index in [1.165, 1.54) is 12.8 Å². The highest BCUT2D eigenvalue weighted by molar-refractivity contribution is 4.91. The van der Waals surface area contributed by atoms with Crippen LogP contribution in [0.2, 0.25) is 0 Å². The molecule has 0 amide bonds. The molecule has 1 fully saturated rings. The van der Waals surface area contributed by atoms with E-state index in [2.05, 4.69) is 6.07 Å². The lowest BCUT2D eigenvalue weighted by Gasteiger charge is -2.23. The SMILES string of the molecule is CC(C)(C#N)CCOCC1CCCCO1. The van der Waals surface area contributed by atoms with Gasteiger partial charge < -0.3 is 9.47 Å². The second-order valence-corrected chi connectivity index (χ2v) is 4.81. The first-order valence-corrected chi connectivity index (χ1v) is 5.75. The summed E-state index contributed by atoms with van der Waals surface area (Å²) in [5.41, 5.74) is -0.270. The van der Waals surface area contributed by atoms with Crippen molar-refractivity contribution in [1.29, 1.82) is 5.26 Å². The fourth-order valence-corrected chi connectivity index (χ4v) is 1.54. The van der Waals surface area contributed by atoms with E-state index in [0.717, 1.165) is 19.4 Å². The Bertz CT molecular complexity index is 214. The highest BCUT2D eigenvalue weighted by atomic mass is 16.5. The maximum atomic E-state index is 8.81.